The molecule has 4 aromatic rings. The summed E-state index contributed by atoms with van der Waals surface area (Å²) in [7, 11) is 4.71. The summed E-state index contributed by atoms with van der Waals surface area (Å²) in [6, 6.07) is 22.3. The largest absolute Gasteiger partial charge is 0.493 e. The summed E-state index contributed by atoms with van der Waals surface area (Å²) < 4.78 is 21.9. The van der Waals surface area contributed by atoms with Crippen LogP contribution in [0, 0.1) is 0 Å². The van der Waals surface area contributed by atoms with Gasteiger partial charge in [0, 0.05) is 5.56 Å². The van der Waals surface area contributed by atoms with Gasteiger partial charge in [-0.2, -0.15) is 10.2 Å². The minimum atomic E-state index is -0.431. The SMILES string of the molecule is COc1ccc(-c2cc(C(=O)N/N=C\c3ccc(OC)c(OCc4ccccc4)c3)[nH]n2)cc1OC. The van der Waals surface area contributed by atoms with Gasteiger partial charge in [-0.25, -0.2) is 5.43 Å². The number of aromatic amines is 1. The van der Waals surface area contributed by atoms with E-state index in [-0.39, 0.29) is 5.69 Å². The van der Waals surface area contributed by atoms with Gasteiger partial charge in [0.1, 0.15) is 12.3 Å². The van der Waals surface area contributed by atoms with E-state index in [1.807, 2.05) is 42.5 Å². The first-order chi connectivity index (χ1) is 17.6. The van der Waals surface area contributed by atoms with E-state index >= 15 is 0 Å². The molecule has 1 amide bonds. The van der Waals surface area contributed by atoms with Crippen molar-refractivity contribution in [3.8, 4) is 34.3 Å². The molecule has 0 spiro atoms. The molecule has 0 aliphatic heterocycles. The Bertz CT molecular complexity index is 1350. The summed E-state index contributed by atoms with van der Waals surface area (Å²) in [6.07, 6.45) is 1.53. The van der Waals surface area contributed by atoms with E-state index in [1.54, 1.807) is 51.7 Å². The Kier molecular flexibility index (Phi) is 7.82. The van der Waals surface area contributed by atoms with Crippen molar-refractivity contribution in [3.05, 3.63) is 89.6 Å². The summed E-state index contributed by atoms with van der Waals surface area (Å²) in [6.45, 7) is 0.400. The number of aromatic nitrogens is 2. The van der Waals surface area contributed by atoms with Gasteiger partial charge in [0.25, 0.3) is 5.91 Å². The van der Waals surface area contributed by atoms with Gasteiger partial charge in [0.2, 0.25) is 0 Å². The van der Waals surface area contributed by atoms with E-state index in [4.69, 9.17) is 18.9 Å². The van der Waals surface area contributed by atoms with Gasteiger partial charge >= 0.3 is 0 Å². The number of nitrogens with one attached hydrogen (secondary N) is 2. The van der Waals surface area contributed by atoms with Crippen LogP contribution in [0.2, 0.25) is 0 Å². The monoisotopic (exact) mass is 486 g/mol. The lowest BCUT2D eigenvalue weighted by Gasteiger charge is -2.11. The van der Waals surface area contributed by atoms with Crippen molar-refractivity contribution >= 4 is 12.1 Å². The van der Waals surface area contributed by atoms with E-state index in [0.29, 0.717) is 35.3 Å². The molecule has 0 saturated heterocycles. The smallest absolute Gasteiger partial charge is 0.289 e. The molecule has 9 heteroatoms. The van der Waals surface area contributed by atoms with Crippen LogP contribution in [0.5, 0.6) is 23.0 Å². The van der Waals surface area contributed by atoms with Crippen LogP contribution in [-0.4, -0.2) is 43.6 Å². The van der Waals surface area contributed by atoms with Crippen LogP contribution in [0.15, 0.2) is 77.9 Å². The van der Waals surface area contributed by atoms with Gasteiger partial charge in [-0.1, -0.05) is 30.3 Å². The first-order valence-electron chi connectivity index (χ1n) is 11.1. The molecule has 0 radical (unpaired) electrons. The minimum Gasteiger partial charge on any atom is -0.493 e. The zero-order valence-corrected chi connectivity index (χ0v) is 20.1. The summed E-state index contributed by atoms with van der Waals surface area (Å²) in [5.74, 6) is 1.92. The molecule has 4 rings (SSSR count). The molecule has 184 valence electrons. The number of hydrazone groups is 1. The molecule has 0 unspecified atom stereocenters. The molecule has 0 saturated carbocycles. The molecule has 0 fully saturated rings. The molecular weight excluding hydrogens is 460 g/mol. The highest BCUT2D eigenvalue weighted by Gasteiger charge is 2.13. The number of amides is 1. The van der Waals surface area contributed by atoms with Crippen molar-refractivity contribution in [1.29, 1.82) is 0 Å². The van der Waals surface area contributed by atoms with Crippen molar-refractivity contribution in [2.75, 3.05) is 21.3 Å². The number of ether oxygens (including phenoxy) is 4. The van der Waals surface area contributed by atoms with Gasteiger partial charge in [0.05, 0.1) is 33.2 Å². The summed E-state index contributed by atoms with van der Waals surface area (Å²) >= 11 is 0. The fourth-order valence-corrected chi connectivity index (χ4v) is 3.43. The highest BCUT2D eigenvalue weighted by molar-refractivity contribution is 5.94. The number of H-pyrrole nitrogens is 1. The average molecular weight is 487 g/mol. The van der Waals surface area contributed by atoms with Crippen molar-refractivity contribution in [3.63, 3.8) is 0 Å². The van der Waals surface area contributed by atoms with E-state index in [9.17, 15) is 4.79 Å². The molecular formula is C27H26N4O5. The van der Waals surface area contributed by atoms with E-state index in [2.05, 4.69) is 20.7 Å². The van der Waals surface area contributed by atoms with Crippen molar-refractivity contribution in [2.24, 2.45) is 5.10 Å². The van der Waals surface area contributed by atoms with Crippen molar-refractivity contribution < 1.29 is 23.7 Å². The highest BCUT2D eigenvalue weighted by Crippen LogP contribution is 2.32. The van der Waals surface area contributed by atoms with Crippen LogP contribution >= 0.6 is 0 Å². The summed E-state index contributed by atoms with van der Waals surface area (Å²) in [4.78, 5) is 12.5. The Morgan fingerprint density at radius 3 is 2.36 bits per heavy atom. The second-order valence-electron chi connectivity index (χ2n) is 7.62. The van der Waals surface area contributed by atoms with Crippen LogP contribution in [0.25, 0.3) is 11.3 Å². The molecule has 1 aromatic heterocycles. The van der Waals surface area contributed by atoms with Gasteiger partial charge in [-0.3, -0.25) is 9.89 Å². The van der Waals surface area contributed by atoms with Gasteiger partial charge < -0.3 is 18.9 Å². The molecule has 3 aromatic carbocycles. The van der Waals surface area contributed by atoms with Gasteiger partial charge in [-0.05, 0) is 53.6 Å². The third-order valence-corrected chi connectivity index (χ3v) is 5.31. The third kappa shape index (κ3) is 5.82. The Labute approximate surface area is 208 Å². The maximum atomic E-state index is 12.5. The van der Waals surface area contributed by atoms with Crippen LogP contribution in [0.1, 0.15) is 21.6 Å². The van der Waals surface area contributed by atoms with Crippen LogP contribution in [-0.2, 0) is 6.61 Å². The van der Waals surface area contributed by atoms with E-state index < -0.39 is 5.91 Å². The molecule has 1 heterocycles. The fraction of sp³-hybridized carbons (Fsp3) is 0.148. The topological polar surface area (TPSA) is 107 Å². The number of nitrogens with zero attached hydrogens (tertiary/aromatic N) is 2. The first kappa shape index (κ1) is 24.3. The molecule has 0 bridgehead atoms. The van der Waals surface area contributed by atoms with Crippen LogP contribution < -0.4 is 24.4 Å². The minimum absolute atomic E-state index is 0.263. The van der Waals surface area contributed by atoms with Crippen molar-refractivity contribution in [1.82, 2.24) is 15.6 Å². The van der Waals surface area contributed by atoms with Crippen molar-refractivity contribution in [2.45, 2.75) is 6.61 Å². The number of carbonyl (C=O) groups is 1. The summed E-state index contributed by atoms with van der Waals surface area (Å²) in [5.41, 5.74) is 5.89. The van der Waals surface area contributed by atoms with Crippen LogP contribution in [0.4, 0.5) is 0 Å². The first-order valence-corrected chi connectivity index (χ1v) is 11.1. The lowest BCUT2D eigenvalue weighted by atomic mass is 10.1. The highest BCUT2D eigenvalue weighted by atomic mass is 16.5. The Balaban J connectivity index is 1.40. The molecule has 0 atom stereocenters. The maximum Gasteiger partial charge on any atom is 0.289 e. The Morgan fingerprint density at radius 2 is 1.61 bits per heavy atom. The molecule has 36 heavy (non-hydrogen) atoms. The standard InChI is InChI=1S/C27H26N4O5/c1-33-23-12-10-20(14-25(23)35-3)21-15-22(30-29-21)27(32)31-28-16-19-9-11-24(34-2)26(13-19)36-17-18-7-5-4-6-8-18/h4-16H,17H2,1-3H3,(H,29,30)(H,31,32)/b28-16-. The van der Waals surface area contributed by atoms with Crippen LogP contribution in [0.3, 0.4) is 0 Å². The normalized spacial score (nSPS) is 10.8. The van der Waals surface area contributed by atoms with E-state index in [0.717, 1.165) is 16.7 Å². The third-order valence-electron chi connectivity index (χ3n) is 5.31. The molecule has 0 aliphatic rings. The zero-order chi connectivity index (χ0) is 25.3. The average Bonchev–Trinajstić information content (AvgIpc) is 3.43. The number of hydrogen-bond acceptors (Lipinski definition) is 7. The Hall–Kier alpha value is -4.79. The number of benzene rings is 3. The van der Waals surface area contributed by atoms with E-state index in [1.165, 1.54) is 6.21 Å². The zero-order valence-electron chi connectivity index (χ0n) is 20.1. The number of hydrogen-bond donors (Lipinski definition) is 2. The Morgan fingerprint density at radius 1 is 0.889 bits per heavy atom. The molecule has 0 aliphatic carbocycles. The second kappa shape index (κ2) is 11.6. The fourth-order valence-electron chi connectivity index (χ4n) is 3.43. The van der Waals surface area contributed by atoms with Gasteiger partial charge in [-0.15, -0.1) is 0 Å². The predicted molar refractivity (Wildman–Crippen MR) is 136 cm³/mol. The lowest BCUT2D eigenvalue weighted by molar-refractivity contribution is 0.0950. The quantitative estimate of drug-likeness (QED) is 0.253. The number of methoxy groups -OCH3 is 3. The summed E-state index contributed by atoms with van der Waals surface area (Å²) in [5, 5.41) is 11.0. The lowest BCUT2D eigenvalue weighted by Crippen LogP contribution is -2.18. The van der Waals surface area contributed by atoms with Gasteiger partial charge in [0.15, 0.2) is 23.0 Å². The molecule has 9 nitrogen and oxygen atoms in total. The second-order valence-corrected chi connectivity index (χ2v) is 7.62. The number of carbonyl (C=O) groups excluding carboxylic acids is 1. The molecule has 2 N–H and O–H groups in total. The predicted octanol–water partition coefficient (Wildman–Crippen LogP) is 4.45. The maximum absolute atomic E-state index is 12.5. The number of rotatable bonds is 10.